The van der Waals surface area contributed by atoms with Crippen LogP contribution in [0.1, 0.15) is 29.2 Å². The molecule has 0 unspecified atom stereocenters. The van der Waals surface area contributed by atoms with Gasteiger partial charge in [0.15, 0.2) is 0 Å². The first-order valence-electron chi connectivity index (χ1n) is 9.49. The maximum absolute atomic E-state index is 12.8. The van der Waals surface area contributed by atoms with E-state index >= 15 is 0 Å². The summed E-state index contributed by atoms with van der Waals surface area (Å²) in [5.41, 5.74) is 5.01. The minimum Gasteiger partial charge on any atom is -0.325 e. The SMILES string of the molecule is CCc1ccc(NC(=O)CN2CCN(Cc3cc(C)ccc3C)S2(=O)=O)cc1. The Kier molecular flexibility index (Phi) is 6.17. The number of hydrogen-bond donors (Lipinski definition) is 1. The van der Waals surface area contributed by atoms with Crippen molar-refractivity contribution < 1.29 is 13.2 Å². The molecule has 1 saturated heterocycles. The second kappa shape index (κ2) is 8.43. The fraction of sp³-hybridized carbons (Fsp3) is 0.381. The van der Waals surface area contributed by atoms with Gasteiger partial charge in [-0.2, -0.15) is 17.0 Å². The predicted molar refractivity (Wildman–Crippen MR) is 111 cm³/mol. The van der Waals surface area contributed by atoms with Crippen molar-refractivity contribution in [3.63, 3.8) is 0 Å². The van der Waals surface area contributed by atoms with Crippen molar-refractivity contribution in [1.29, 1.82) is 0 Å². The van der Waals surface area contributed by atoms with Crippen LogP contribution in [-0.4, -0.2) is 42.6 Å². The second-order valence-corrected chi connectivity index (χ2v) is 9.13. The van der Waals surface area contributed by atoms with E-state index in [1.54, 1.807) is 0 Å². The van der Waals surface area contributed by atoms with Crippen LogP contribution in [0.3, 0.4) is 0 Å². The molecule has 6 nitrogen and oxygen atoms in total. The Hall–Kier alpha value is -2.22. The van der Waals surface area contributed by atoms with Gasteiger partial charge in [0.05, 0.1) is 6.54 Å². The molecule has 0 atom stereocenters. The van der Waals surface area contributed by atoms with E-state index in [-0.39, 0.29) is 12.5 Å². The van der Waals surface area contributed by atoms with Gasteiger partial charge in [-0.25, -0.2) is 0 Å². The first kappa shape index (κ1) is 20.5. The molecule has 150 valence electrons. The van der Waals surface area contributed by atoms with Crippen molar-refractivity contribution in [3.05, 3.63) is 64.7 Å². The van der Waals surface area contributed by atoms with Crippen LogP contribution in [-0.2, 0) is 28.0 Å². The molecule has 0 aliphatic carbocycles. The second-order valence-electron chi connectivity index (χ2n) is 7.20. The number of hydrogen-bond acceptors (Lipinski definition) is 3. The third kappa shape index (κ3) is 4.60. The summed E-state index contributed by atoms with van der Waals surface area (Å²) in [7, 11) is -3.65. The maximum atomic E-state index is 12.8. The summed E-state index contributed by atoms with van der Waals surface area (Å²) in [6.07, 6.45) is 0.927. The number of aryl methyl sites for hydroxylation is 3. The molecular weight excluding hydrogens is 374 g/mol. The van der Waals surface area contributed by atoms with Crippen LogP contribution < -0.4 is 5.32 Å². The third-order valence-electron chi connectivity index (χ3n) is 5.07. The van der Waals surface area contributed by atoms with Gasteiger partial charge >= 0.3 is 0 Å². The maximum Gasteiger partial charge on any atom is 0.282 e. The van der Waals surface area contributed by atoms with E-state index in [9.17, 15) is 13.2 Å². The van der Waals surface area contributed by atoms with E-state index in [2.05, 4.69) is 12.2 Å². The third-order valence-corrected chi connectivity index (χ3v) is 7.00. The van der Waals surface area contributed by atoms with Gasteiger partial charge in [-0.05, 0) is 49.1 Å². The van der Waals surface area contributed by atoms with Gasteiger partial charge in [0.1, 0.15) is 0 Å². The molecule has 0 saturated carbocycles. The molecule has 1 fully saturated rings. The van der Waals surface area contributed by atoms with Crippen molar-refractivity contribution in [3.8, 4) is 0 Å². The number of carbonyl (C=O) groups is 1. The number of amides is 1. The quantitative estimate of drug-likeness (QED) is 0.809. The number of carbonyl (C=O) groups excluding carboxylic acids is 1. The monoisotopic (exact) mass is 401 g/mol. The van der Waals surface area contributed by atoms with Crippen molar-refractivity contribution in [2.45, 2.75) is 33.7 Å². The Balaban J connectivity index is 1.63. The van der Waals surface area contributed by atoms with Crippen molar-refractivity contribution in [2.75, 3.05) is 25.0 Å². The molecule has 0 bridgehead atoms. The van der Waals surface area contributed by atoms with Gasteiger partial charge in [-0.3, -0.25) is 4.79 Å². The molecule has 0 radical (unpaired) electrons. The lowest BCUT2D eigenvalue weighted by Gasteiger charge is -2.19. The highest BCUT2D eigenvalue weighted by Gasteiger charge is 2.37. The molecule has 3 rings (SSSR count). The number of nitrogens with zero attached hydrogens (tertiary/aromatic N) is 2. The molecule has 28 heavy (non-hydrogen) atoms. The molecule has 1 amide bonds. The number of anilines is 1. The van der Waals surface area contributed by atoms with Crippen LogP contribution >= 0.6 is 0 Å². The fourth-order valence-corrected chi connectivity index (χ4v) is 4.82. The van der Waals surface area contributed by atoms with Gasteiger partial charge < -0.3 is 5.32 Å². The lowest BCUT2D eigenvalue weighted by molar-refractivity contribution is -0.116. The van der Waals surface area contributed by atoms with Crippen molar-refractivity contribution >= 4 is 21.8 Å². The summed E-state index contributed by atoms with van der Waals surface area (Å²) in [4.78, 5) is 12.3. The van der Waals surface area contributed by atoms with Gasteiger partial charge in [-0.1, -0.05) is 42.8 Å². The first-order chi connectivity index (χ1) is 13.3. The fourth-order valence-electron chi connectivity index (χ4n) is 3.28. The van der Waals surface area contributed by atoms with Gasteiger partial charge in [0, 0.05) is 25.3 Å². The standard InChI is InChI=1S/C21H27N3O3S/c1-4-18-7-9-20(10-8-18)22-21(25)15-24-12-11-23(28(24,26)27)14-19-13-16(2)5-6-17(19)3/h5-10,13H,4,11-12,14-15H2,1-3H3,(H,22,25). The van der Waals surface area contributed by atoms with Crippen LogP contribution in [0.2, 0.25) is 0 Å². The molecule has 1 aliphatic rings. The number of benzene rings is 2. The summed E-state index contributed by atoms with van der Waals surface area (Å²) in [5, 5.41) is 2.78. The average Bonchev–Trinajstić information content (AvgIpc) is 2.93. The van der Waals surface area contributed by atoms with E-state index in [1.807, 2.05) is 56.3 Å². The molecule has 0 aromatic heterocycles. The van der Waals surface area contributed by atoms with Crippen molar-refractivity contribution in [2.24, 2.45) is 0 Å². The summed E-state index contributed by atoms with van der Waals surface area (Å²) in [6, 6.07) is 13.6. The molecule has 1 N–H and O–H groups in total. The Labute approximate surface area is 167 Å². The van der Waals surface area contributed by atoms with Crippen LogP contribution in [0.4, 0.5) is 5.69 Å². The van der Waals surface area contributed by atoms with E-state index in [1.165, 1.54) is 14.2 Å². The highest BCUT2D eigenvalue weighted by atomic mass is 32.2. The predicted octanol–water partition coefficient (Wildman–Crippen LogP) is 2.87. The molecule has 2 aromatic carbocycles. The lowest BCUT2D eigenvalue weighted by atomic mass is 10.1. The summed E-state index contributed by atoms with van der Waals surface area (Å²) < 4.78 is 28.4. The summed E-state index contributed by atoms with van der Waals surface area (Å²) in [5.74, 6) is -0.332. The van der Waals surface area contributed by atoms with E-state index in [0.717, 1.165) is 23.1 Å². The largest absolute Gasteiger partial charge is 0.325 e. The zero-order valence-corrected chi connectivity index (χ0v) is 17.4. The molecule has 1 heterocycles. The zero-order chi connectivity index (χ0) is 20.3. The van der Waals surface area contributed by atoms with Crippen molar-refractivity contribution in [1.82, 2.24) is 8.61 Å². The van der Waals surface area contributed by atoms with E-state index in [4.69, 9.17) is 0 Å². The normalized spacial score (nSPS) is 17.0. The Morgan fingerprint density at radius 1 is 1.04 bits per heavy atom. The highest BCUT2D eigenvalue weighted by molar-refractivity contribution is 7.87. The number of nitrogens with one attached hydrogen (secondary N) is 1. The van der Waals surface area contributed by atoms with E-state index in [0.29, 0.717) is 25.3 Å². The zero-order valence-electron chi connectivity index (χ0n) is 16.6. The number of rotatable bonds is 6. The average molecular weight is 402 g/mol. The molecule has 7 heteroatoms. The first-order valence-corrected chi connectivity index (χ1v) is 10.9. The topological polar surface area (TPSA) is 69.7 Å². The smallest absolute Gasteiger partial charge is 0.282 e. The van der Waals surface area contributed by atoms with Crippen LogP contribution in [0, 0.1) is 13.8 Å². The van der Waals surface area contributed by atoms with Gasteiger partial charge in [0.2, 0.25) is 5.91 Å². The lowest BCUT2D eigenvalue weighted by Crippen LogP contribution is -2.37. The molecule has 2 aromatic rings. The van der Waals surface area contributed by atoms with Crippen LogP contribution in [0.15, 0.2) is 42.5 Å². The summed E-state index contributed by atoms with van der Waals surface area (Å²) >= 11 is 0. The Morgan fingerprint density at radius 2 is 1.71 bits per heavy atom. The van der Waals surface area contributed by atoms with Gasteiger partial charge in [0.25, 0.3) is 10.2 Å². The molecule has 1 aliphatic heterocycles. The van der Waals surface area contributed by atoms with Crippen LogP contribution in [0.5, 0.6) is 0 Å². The molecular formula is C21H27N3O3S. The Bertz CT molecular complexity index is 955. The summed E-state index contributed by atoms with van der Waals surface area (Å²) in [6.45, 7) is 6.88. The van der Waals surface area contributed by atoms with Gasteiger partial charge in [-0.15, -0.1) is 0 Å². The molecule has 0 spiro atoms. The minimum absolute atomic E-state index is 0.179. The Morgan fingerprint density at radius 3 is 2.39 bits per heavy atom. The van der Waals surface area contributed by atoms with Crippen LogP contribution in [0.25, 0.3) is 0 Å². The highest BCUT2D eigenvalue weighted by Crippen LogP contribution is 2.22. The minimum atomic E-state index is -3.65. The van der Waals surface area contributed by atoms with E-state index < -0.39 is 10.2 Å².